The number of nitrogens with two attached hydrogens (primary N) is 1. The van der Waals surface area contributed by atoms with Crippen molar-refractivity contribution >= 4 is 17.5 Å². The van der Waals surface area contributed by atoms with Crippen molar-refractivity contribution in [2.24, 2.45) is 12.8 Å². The van der Waals surface area contributed by atoms with Crippen molar-refractivity contribution in [3.63, 3.8) is 0 Å². The first-order valence-corrected chi connectivity index (χ1v) is 7.49. The molecule has 0 saturated heterocycles. The normalized spacial score (nSPS) is 10.5. The van der Waals surface area contributed by atoms with E-state index in [4.69, 9.17) is 5.73 Å². The molecule has 2 amide bonds. The van der Waals surface area contributed by atoms with Crippen LogP contribution in [0.25, 0.3) is 11.4 Å². The molecule has 25 heavy (non-hydrogen) atoms. The summed E-state index contributed by atoms with van der Waals surface area (Å²) in [6.45, 7) is 1.86. The summed E-state index contributed by atoms with van der Waals surface area (Å²) in [7, 11) is 1.88. The molecule has 0 bridgehead atoms. The molecule has 0 atom stereocenters. The number of nitrogens with zero attached hydrogens (tertiary/aromatic N) is 4. The minimum Gasteiger partial charge on any atom is -0.366 e. The fourth-order valence-electron chi connectivity index (χ4n) is 2.26. The molecule has 1 aromatic carbocycles. The van der Waals surface area contributed by atoms with Crippen LogP contribution in [0.5, 0.6) is 0 Å². The van der Waals surface area contributed by atoms with Gasteiger partial charge in [0.05, 0.1) is 5.56 Å². The summed E-state index contributed by atoms with van der Waals surface area (Å²) in [5.74, 6) is 0.522. The number of aryl methyl sites for hydroxylation is 1. The van der Waals surface area contributed by atoms with Crippen LogP contribution in [-0.4, -0.2) is 31.6 Å². The van der Waals surface area contributed by atoms with Crippen LogP contribution < -0.4 is 11.1 Å². The van der Waals surface area contributed by atoms with Gasteiger partial charge in [-0.3, -0.25) is 14.6 Å². The Balaban J connectivity index is 1.81. The molecular formula is C17H16N6O2. The predicted molar refractivity (Wildman–Crippen MR) is 91.9 cm³/mol. The van der Waals surface area contributed by atoms with Gasteiger partial charge in [-0.1, -0.05) is 12.1 Å². The Morgan fingerprint density at radius 2 is 1.96 bits per heavy atom. The first-order chi connectivity index (χ1) is 12.0. The third-order valence-corrected chi connectivity index (χ3v) is 3.75. The van der Waals surface area contributed by atoms with Crippen molar-refractivity contribution in [3.8, 4) is 11.4 Å². The van der Waals surface area contributed by atoms with E-state index in [0.29, 0.717) is 11.5 Å². The average molecular weight is 336 g/mol. The van der Waals surface area contributed by atoms with Crippen LogP contribution in [0.1, 0.15) is 26.7 Å². The number of aromatic nitrogens is 4. The zero-order valence-corrected chi connectivity index (χ0v) is 13.7. The highest BCUT2D eigenvalue weighted by Crippen LogP contribution is 2.21. The van der Waals surface area contributed by atoms with Gasteiger partial charge in [-0.25, -0.2) is 0 Å². The summed E-state index contributed by atoms with van der Waals surface area (Å²) in [4.78, 5) is 27.3. The minimum absolute atomic E-state index is 0.185. The number of carbonyl (C=O) groups is 2. The standard InChI is InChI=1S/C17H16N6O2/c1-10-21-22-16(23(10)2)11-4-3-5-13(8-11)20-17(25)14-7-6-12(9-19-14)15(18)24/h3-9H,1-2H3,(H2,18,24)(H,20,25). The summed E-state index contributed by atoms with van der Waals surface area (Å²) in [5.41, 5.74) is 7.02. The Labute approximate surface area is 143 Å². The van der Waals surface area contributed by atoms with Gasteiger partial charge in [0.2, 0.25) is 5.91 Å². The third kappa shape index (κ3) is 3.37. The molecule has 3 aromatic rings. The SMILES string of the molecule is Cc1nnc(-c2cccc(NC(=O)c3ccc(C(N)=O)cn3)c2)n1C. The van der Waals surface area contributed by atoms with E-state index >= 15 is 0 Å². The molecule has 0 radical (unpaired) electrons. The van der Waals surface area contributed by atoms with Crippen molar-refractivity contribution in [1.29, 1.82) is 0 Å². The van der Waals surface area contributed by atoms with E-state index in [1.807, 2.05) is 30.7 Å². The smallest absolute Gasteiger partial charge is 0.274 e. The van der Waals surface area contributed by atoms with Crippen molar-refractivity contribution in [2.75, 3.05) is 5.32 Å². The summed E-state index contributed by atoms with van der Waals surface area (Å²) < 4.78 is 1.87. The van der Waals surface area contributed by atoms with Crippen LogP contribution in [-0.2, 0) is 7.05 Å². The monoisotopic (exact) mass is 336 g/mol. The van der Waals surface area contributed by atoms with Crippen LogP contribution in [0, 0.1) is 6.92 Å². The second-order valence-electron chi connectivity index (χ2n) is 5.46. The first kappa shape index (κ1) is 16.3. The van der Waals surface area contributed by atoms with Crippen molar-refractivity contribution in [3.05, 3.63) is 59.7 Å². The minimum atomic E-state index is -0.592. The number of nitrogens with one attached hydrogen (secondary N) is 1. The molecule has 0 saturated carbocycles. The Morgan fingerprint density at radius 1 is 1.16 bits per heavy atom. The Hall–Kier alpha value is -3.55. The molecule has 3 rings (SSSR count). The number of benzene rings is 1. The molecule has 0 aliphatic rings. The van der Waals surface area contributed by atoms with Crippen molar-refractivity contribution in [2.45, 2.75) is 6.92 Å². The molecule has 0 aliphatic carbocycles. The Bertz CT molecular complexity index is 946. The van der Waals surface area contributed by atoms with E-state index in [1.165, 1.54) is 18.3 Å². The number of pyridine rings is 1. The van der Waals surface area contributed by atoms with E-state index in [1.54, 1.807) is 12.1 Å². The number of rotatable bonds is 4. The lowest BCUT2D eigenvalue weighted by atomic mass is 10.2. The topological polar surface area (TPSA) is 116 Å². The molecular weight excluding hydrogens is 320 g/mol. The molecule has 3 N–H and O–H groups in total. The molecule has 0 spiro atoms. The fourth-order valence-corrected chi connectivity index (χ4v) is 2.26. The lowest BCUT2D eigenvalue weighted by Crippen LogP contribution is -2.16. The maximum atomic E-state index is 12.3. The lowest BCUT2D eigenvalue weighted by Gasteiger charge is -2.07. The largest absolute Gasteiger partial charge is 0.366 e. The summed E-state index contributed by atoms with van der Waals surface area (Å²) in [5, 5.41) is 10.9. The predicted octanol–water partition coefficient (Wildman–Crippen LogP) is 1.54. The zero-order chi connectivity index (χ0) is 18.0. The first-order valence-electron chi connectivity index (χ1n) is 7.49. The van der Waals surface area contributed by atoms with Gasteiger partial charge in [-0.05, 0) is 31.2 Å². The lowest BCUT2D eigenvalue weighted by molar-refractivity contribution is 0.0993. The number of primary amides is 1. The van der Waals surface area contributed by atoms with Gasteiger partial charge in [0.15, 0.2) is 5.82 Å². The molecule has 0 aliphatic heterocycles. The number of hydrogen-bond acceptors (Lipinski definition) is 5. The zero-order valence-electron chi connectivity index (χ0n) is 13.7. The van der Waals surface area contributed by atoms with Gasteiger partial charge >= 0.3 is 0 Å². The van der Waals surface area contributed by atoms with Crippen LogP contribution >= 0.6 is 0 Å². The quantitative estimate of drug-likeness (QED) is 0.749. The van der Waals surface area contributed by atoms with Crippen LogP contribution in [0.2, 0.25) is 0 Å². The van der Waals surface area contributed by atoms with Gasteiger partial charge in [-0.2, -0.15) is 0 Å². The number of carbonyl (C=O) groups excluding carboxylic acids is 2. The van der Waals surface area contributed by atoms with Crippen molar-refractivity contribution in [1.82, 2.24) is 19.7 Å². The maximum Gasteiger partial charge on any atom is 0.274 e. The molecule has 8 heteroatoms. The molecule has 8 nitrogen and oxygen atoms in total. The molecule has 2 aromatic heterocycles. The highest BCUT2D eigenvalue weighted by molar-refractivity contribution is 6.03. The van der Waals surface area contributed by atoms with Gasteiger partial charge < -0.3 is 15.6 Å². The van der Waals surface area contributed by atoms with E-state index < -0.39 is 5.91 Å². The van der Waals surface area contributed by atoms with Crippen LogP contribution in [0.3, 0.4) is 0 Å². The summed E-state index contributed by atoms with van der Waals surface area (Å²) in [6.07, 6.45) is 1.27. The van der Waals surface area contributed by atoms with E-state index in [0.717, 1.165) is 11.4 Å². The Kier molecular flexibility index (Phi) is 4.25. The summed E-state index contributed by atoms with van der Waals surface area (Å²) >= 11 is 0. The second-order valence-corrected chi connectivity index (χ2v) is 5.46. The van der Waals surface area contributed by atoms with Crippen LogP contribution in [0.4, 0.5) is 5.69 Å². The van der Waals surface area contributed by atoms with Crippen LogP contribution in [0.15, 0.2) is 42.6 Å². The van der Waals surface area contributed by atoms with Gasteiger partial charge in [0.25, 0.3) is 5.91 Å². The number of amides is 2. The second kappa shape index (κ2) is 6.52. The third-order valence-electron chi connectivity index (χ3n) is 3.75. The average Bonchev–Trinajstić information content (AvgIpc) is 2.94. The van der Waals surface area contributed by atoms with E-state index in [-0.39, 0.29) is 17.2 Å². The molecule has 0 fully saturated rings. The number of hydrogen-bond donors (Lipinski definition) is 2. The number of anilines is 1. The van der Waals surface area contributed by atoms with Gasteiger partial charge in [0, 0.05) is 24.5 Å². The Morgan fingerprint density at radius 3 is 2.56 bits per heavy atom. The summed E-state index contributed by atoms with van der Waals surface area (Å²) in [6, 6.07) is 10.2. The van der Waals surface area contributed by atoms with Crippen molar-refractivity contribution < 1.29 is 9.59 Å². The van der Waals surface area contributed by atoms with Gasteiger partial charge in [0.1, 0.15) is 11.5 Å². The highest BCUT2D eigenvalue weighted by atomic mass is 16.2. The fraction of sp³-hybridized carbons (Fsp3) is 0.118. The maximum absolute atomic E-state index is 12.3. The van der Waals surface area contributed by atoms with Gasteiger partial charge in [-0.15, -0.1) is 10.2 Å². The molecule has 0 unspecified atom stereocenters. The van der Waals surface area contributed by atoms with E-state index in [2.05, 4.69) is 20.5 Å². The van der Waals surface area contributed by atoms with E-state index in [9.17, 15) is 9.59 Å². The molecule has 126 valence electrons. The highest BCUT2D eigenvalue weighted by Gasteiger charge is 2.12. The molecule has 2 heterocycles.